The lowest BCUT2D eigenvalue weighted by Crippen LogP contribution is -2.42. The maximum atomic E-state index is 11.8. The first-order valence-corrected chi connectivity index (χ1v) is 6.92. The fourth-order valence-corrected chi connectivity index (χ4v) is 2.46. The van der Waals surface area contributed by atoms with Crippen LogP contribution in [0.2, 0.25) is 5.02 Å². The van der Waals surface area contributed by atoms with E-state index in [-0.39, 0.29) is 12.5 Å². The topological polar surface area (TPSA) is 69.6 Å². The number of carboxylic acid groups (broad SMARTS) is 1. The number of nitrogens with zero attached hydrogens (tertiary/aromatic N) is 1. The molecule has 1 fully saturated rings. The Bertz CT molecular complexity index is 490. The molecule has 1 saturated heterocycles. The number of carbonyl (C=O) groups is 2. The molecule has 1 heterocycles. The first-order valence-electron chi connectivity index (χ1n) is 6.54. The Morgan fingerprint density at radius 2 is 2.05 bits per heavy atom. The molecule has 0 radical (unpaired) electrons. The number of rotatable bonds is 5. The summed E-state index contributed by atoms with van der Waals surface area (Å²) in [5.74, 6) is -1.01. The number of amides is 1. The van der Waals surface area contributed by atoms with Crippen LogP contribution in [0.15, 0.2) is 24.3 Å². The van der Waals surface area contributed by atoms with Gasteiger partial charge < -0.3 is 10.4 Å². The molecule has 20 heavy (non-hydrogen) atoms. The summed E-state index contributed by atoms with van der Waals surface area (Å²) in [6.07, 6.45) is 1.43. The van der Waals surface area contributed by atoms with Crippen molar-refractivity contribution in [1.29, 1.82) is 0 Å². The summed E-state index contributed by atoms with van der Waals surface area (Å²) in [5, 5.41) is 12.5. The monoisotopic (exact) mass is 296 g/mol. The van der Waals surface area contributed by atoms with E-state index in [2.05, 4.69) is 5.32 Å². The van der Waals surface area contributed by atoms with Crippen molar-refractivity contribution in [3.8, 4) is 0 Å². The van der Waals surface area contributed by atoms with Crippen LogP contribution in [0, 0.1) is 0 Å². The number of likely N-dealkylation sites (tertiary alicyclic amines) is 1. The summed E-state index contributed by atoms with van der Waals surface area (Å²) < 4.78 is 0. The van der Waals surface area contributed by atoms with Gasteiger partial charge >= 0.3 is 5.97 Å². The molecule has 1 aliphatic heterocycles. The molecule has 1 atom stereocenters. The molecule has 2 rings (SSSR count). The van der Waals surface area contributed by atoms with Gasteiger partial charge in [-0.2, -0.15) is 0 Å². The number of halogens is 1. The van der Waals surface area contributed by atoms with Crippen molar-refractivity contribution in [2.45, 2.75) is 25.4 Å². The van der Waals surface area contributed by atoms with Crippen molar-refractivity contribution >= 4 is 23.5 Å². The van der Waals surface area contributed by atoms with Crippen molar-refractivity contribution in [2.24, 2.45) is 0 Å². The van der Waals surface area contributed by atoms with Crippen LogP contribution in [-0.4, -0.2) is 41.0 Å². The summed E-state index contributed by atoms with van der Waals surface area (Å²) in [4.78, 5) is 24.6. The summed E-state index contributed by atoms with van der Waals surface area (Å²) in [6.45, 7) is 1.21. The quantitative estimate of drug-likeness (QED) is 0.864. The van der Waals surface area contributed by atoms with Gasteiger partial charge in [0.2, 0.25) is 5.91 Å². The molecule has 0 saturated carbocycles. The van der Waals surface area contributed by atoms with Crippen molar-refractivity contribution < 1.29 is 14.7 Å². The molecular formula is C14H17ClN2O3. The van der Waals surface area contributed by atoms with Gasteiger partial charge in [-0.15, -0.1) is 0 Å². The number of carbonyl (C=O) groups excluding carboxylic acids is 1. The third-order valence-electron chi connectivity index (χ3n) is 3.40. The second kappa shape index (κ2) is 6.72. The standard InChI is InChI=1S/C14H17ClN2O3/c15-11-5-3-10(4-6-11)8-16-13(18)9-17-7-1-2-12(17)14(19)20/h3-6,12H,1-2,7-9H2,(H,16,18)(H,19,20)/t12-/m1/s1. The van der Waals surface area contributed by atoms with Crippen molar-refractivity contribution in [3.63, 3.8) is 0 Å². The molecule has 2 N–H and O–H groups in total. The fraction of sp³-hybridized carbons (Fsp3) is 0.429. The highest BCUT2D eigenvalue weighted by molar-refractivity contribution is 6.30. The SMILES string of the molecule is O=C(CN1CCC[C@@H]1C(=O)O)NCc1ccc(Cl)cc1. The first kappa shape index (κ1) is 14.8. The Kier molecular flexibility index (Phi) is 4.98. The van der Waals surface area contributed by atoms with Gasteiger partial charge in [0.1, 0.15) is 6.04 Å². The molecule has 0 bridgehead atoms. The zero-order valence-corrected chi connectivity index (χ0v) is 11.8. The van der Waals surface area contributed by atoms with Crippen molar-refractivity contribution in [1.82, 2.24) is 10.2 Å². The lowest BCUT2D eigenvalue weighted by Gasteiger charge is -2.20. The summed E-state index contributed by atoms with van der Waals surface area (Å²) >= 11 is 5.78. The molecule has 108 valence electrons. The van der Waals surface area contributed by atoms with Crippen LogP contribution in [0.4, 0.5) is 0 Å². The number of hydrogen-bond donors (Lipinski definition) is 2. The number of benzene rings is 1. The molecule has 1 aromatic carbocycles. The van der Waals surface area contributed by atoms with E-state index in [9.17, 15) is 9.59 Å². The Labute approximate surface area is 122 Å². The van der Waals surface area contributed by atoms with Crippen LogP contribution < -0.4 is 5.32 Å². The largest absolute Gasteiger partial charge is 0.480 e. The van der Waals surface area contributed by atoms with Crippen LogP contribution >= 0.6 is 11.6 Å². The average molecular weight is 297 g/mol. The Morgan fingerprint density at radius 3 is 2.70 bits per heavy atom. The minimum atomic E-state index is -0.854. The molecule has 5 nitrogen and oxygen atoms in total. The molecule has 0 spiro atoms. The van der Waals surface area contributed by atoms with E-state index in [0.29, 0.717) is 24.5 Å². The maximum absolute atomic E-state index is 11.8. The minimum absolute atomic E-state index is 0.130. The minimum Gasteiger partial charge on any atom is -0.480 e. The summed E-state index contributed by atoms with van der Waals surface area (Å²) in [7, 11) is 0. The van der Waals surface area contributed by atoms with Gasteiger partial charge in [0.15, 0.2) is 0 Å². The Hall–Kier alpha value is -1.59. The molecule has 1 aliphatic rings. The van der Waals surface area contributed by atoms with E-state index < -0.39 is 12.0 Å². The van der Waals surface area contributed by atoms with Crippen LogP contribution in [-0.2, 0) is 16.1 Å². The van der Waals surface area contributed by atoms with Gasteiger partial charge in [-0.3, -0.25) is 14.5 Å². The van der Waals surface area contributed by atoms with Crippen molar-refractivity contribution in [2.75, 3.05) is 13.1 Å². The van der Waals surface area contributed by atoms with Gasteiger partial charge in [0.25, 0.3) is 0 Å². The Balaban J connectivity index is 1.80. The predicted molar refractivity (Wildman–Crippen MR) is 75.5 cm³/mol. The highest BCUT2D eigenvalue weighted by Gasteiger charge is 2.31. The first-order chi connectivity index (χ1) is 9.56. The molecule has 1 amide bonds. The summed E-state index contributed by atoms with van der Waals surface area (Å²) in [5.41, 5.74) is 0.957. The third-order valence-corrected chi connectivity index (χ3v) is 3.65. The predicted octanol–water partition coefficient (Wildman–Crippen LogP) is 1.51. The molecule has 0 aromatic heterocycles. The van der Waals surface area contributed by atoms with Gasteiger partial charge in [0, 0.05) is 11.6 Å². The van der Waals surface area contributed by atoms with Crippen LogP contribution in [0.25, 0.3) is 0 Å². The van der Waals surface area contributed by atoms with Crippen LogP contribution in [0.3, 0.4) is 0 Å². The van der Waals surface area contributed by atoms with Gasteiger partial charge in [-0.1, -0.05) is 23.7 Å². The fourth-order valence-electron chi connectivity index (χ4n) is 2.34. The van der Waals surface area contributed by atoms with E-state index in [1.165, 1.54) is 0 Å². The number of aliphatic carboxylic acids is 1. The molecule has 0 aliphatic carbocycles. The Morgan fingerprint density at radius 1 is 1.35 bits per heavy atom. The zero-order chi connectivity index (χ0) is 14.5. The van der Waals surface area contributed by atoms with Crippen LogP contribution in [0.1, 0.15) is 18.4 Å². The van der Waals surface area contributed by atoms with E-state index in [1.807, 2.05) is 12.1 Å². The number of nitrogens with one attached hydrogen (secondary N) is 1. The molecule has 6 heteroatoms. The molecule has 1 aromatic rings. The van der Waals surface area contributed by atoms with Crippen LogP contribution in [0.5, 0.6) is 0 Å². The second-order valence-electron chi connectivity index (χ2n) is 4.87. The van der Waals surface area contributed by atoms with E-state index in [4.69, 9.17) is 16.7 Å². The second-order valence-corrected chi connectivity index (χ2v) is 5.31. The van der Waals surface area contributed by atoms with Gasteiger partial charge in [0.05, 0.1) is 6.54 Å². The van der Waals surface area contributed by atoms with Gasteiger partial charge in [-0.25, -0.2) is 0 Å². The number of hydrogen-bond acceptors (Lipinski definition) is 3. The normalized spacial score (nSPS) is 18.9. The van der Waals surface area contributed by atoms with E-state index >= 15 is 0 Å². The lowest BCUT2D eigenvalue weighted by molar-refractivity contribution is -0.142. The maximum Gasteiger partial charge on any atom is 0.320 e. The van der Waals surface area contributed by atoms with Crippen molar-refractivity contribution in [3.05, 3.63) is 34.9 Å². The highest BCUT2D eigenvalue weighted by Crippen LogP contribution is 2.16. The van der Waals surface area contributed by atoms with E-state index in [1.54, 1.807) is 17.0 Å². The number of carboxylic acids is 1. The van der Waals surface area contributed by atoms with E-state index in [0.717, 1.165) is 12.0 Å². The zero-order valence-electron chi connectivity index (χ0n) is 11.0. The highest BCUT2D eigenvalue weighted by atomic mass is 35.5. The molecule has 0 unspecified atom stereocenters. The molecular weight excluding hydrogens is 280 g/mol. The smallest absolute Gasteiger partial charge is 0.320 e. The average Bonchev–Trinajstić information content (AvgIpc) is 2.86. The lowest BCUT2D eigenvalue weighted by atomic mass is 10.2. The van der Waals surface area contributed by atoms with Gasteiger partial charge in [-0.05, 0) is 37.1 Å². The summed E-state index contributed by atoms with van der Waals surface area (Å²) in [6, 6.07) is 6.70. The third kappa shape index (κ3) is 3.95.